The van der Waals surface area contributed by atoms with Crippen LogP contribution in [0.5, 0.6) is 0 Å². The molecule has 2 rings (SSSR count). The van der Waals surface area contributed by atoms with Gasteiger partial charge in [0.1, 0.15) is 17.5 Å². The van der Waals surface area contributed by atoms with Gasteiger partial charge in [-0.3, -0.25) is 4.98 Å². The Hall–Kier alpha value is -2.17. The van der Waals surface area contributed by atoms with Gasteiger partial charge >= 0.3 is 0 Å². The van der Waals surface area contributed by atoms with Gasteiger partial charge in [-0.2, -0.15) is 0 Å². The van der Waals surface area contributed by atoms with Gasteiger partial charge in [0.15, 0.2) is 0 Å². The number of rotatable bonds is 6. The number of hydrogen-bond donors (Lipinski definition) is 2. The van der Waals surface area contributed by atoms with Gasteiger partial charge < -0.3 is 10.6 Å². The minimum Gasteiger partial charge on any atom is -0.370 e. The van der Waals surface area contributed by atoms with E-state index in [0.29, 0.717) is 5.92 Å². The zero-order chi connectivity index (χ0) is 14.4. The Kier molecular flexibility index (Phi) is 4.87. The van der Waals surface area contributed by atoms with Crippen LogP contribution in [-0.4, -0.2) is 21.5 Å². The summed E-state index contributed by atoms with van der Waals surface area (Å²) in [5, 5.41) is 6.63. The minimum atomic E-state index is 0.582. The van der Waals surface area contributed by atoms with Crippen molar-refractivity contribution >= 4 is 11.6 Å². The second-order valence-corrected chi connectivity index (χ2v) is 5.17. The maximum Gasteiger partial charge on any atom is 0.132 e. The van der Waals surface area contributed by atoms with Crippen molar-refractivity contribution in [1.82, 2.24) is 15.0 Å². The van der Waals surface area contributed by atoms with Crippen molar-refractivity contribution in [3.63, 3.8) is 0 Å². The molecule has 0 saturated carbocycles. The normalized spacial score (nSPS) is 10.6. The topological polar surface area (TPSA) is 62.7 Å². The average Bonchev–Trinajstić information content (AvgIpc) is 2.44. The Morgan fingerprint density at radius 3 is 2.35 bits per heavy atom. The molecule has 106 valence electrons. The molecule has 2 heterocycles. The van der Waals surface area contributed by atoms with Crippen LogP contribution >= 0.6 is 0 Å². The Bertz CT molecular complexity index is 539. The molecule has 2 aromatic heterocycles. The number of nitrogens with one attached hydrogen (secondary N) is 2. The number of hydrogen-bond acceptors (Lipinski definition) is 5. The Morgan fingerprint density at radius 2 is 1.70 bits per heavy atom. The zero-order valence-electron chi connectivity index (χ0n) is 12.2. The SMILES string of the molecule is Cc1nc(NCc2ccncc2)cc(NCC(C)C)n1. The van der Waals surface area contributed by atoms with Crippen LogP contribution in [0.4, 0.5) is 11.6 Å². The van der Waals surface area contributed by atoms with Crippen molar-refractivity contribution in [2.45, 2.75) is 27.3 Å². The van der Waals surface area contributed by atoms with E-state index < -0.39 is 0 Å². The molecular formula is C15H21N5. The Balaban J connectivity index is 2.00. The van der Waals surface area contributed by atoms with Gasteiger partial charge in [0.2, 0.25) is 0 Å². The van der Waals surface area contributed by atoms with Crippen LogP contribution < -0.4 is 10.6 Å². The van der Waals surface area contributed by atoms with Gasteiger partial charge in [-0.15, -0.1) is 0 Å². The van der Waals surface area contributed by atoms with E-state index >= 15 is 0 Å². The van der Waals surface area contributed by atoms with Crippen molar-refractivity contribution in [2.75, 3.05) is 17.2 Å². The predicted octanol–water partition coefficient (Wildman–Crippen LogP) is 2.86. The lowest BCUT2D eigenvalue weighted by molar-refractivity contribution is 0.686. The summed E-state index contributed by atoms with van der Waals surface area (Å²) >= 11 is 0. The van der Waals surface area contributed by atoms with Gasteiger partial charge in [0.05, 0.1) is 0 Å². The zero-order valence-corrected chi connectivity index (χ0v) is 12.2. The first-order chi connectivity index (χ1) is 9.63. The Labute approximate surface area is 119 Å². The predicted molar refractivity (Wildman–Crippen MR) is 81.7 cm³/mol. The maximum absolute atomic E-state index is 4.40. The molecule has 0 amide bonds. The number of aryl methyl sites for hydroxylation is 1. The molecule has 20 heavy (non-hydrogen) atoms. The minimum absolute atomic E-state index is 0.582. The fourth-order valence-electron chi connectivity index (χ4n) is 1.75. The number of pyridine rings is 1. The summed E-state index contributed by atoms with van der Waals surface area (Å²) in [5.41, 5.74) is 1.17. The van der Waals surface area contributed by atoms with E-state index in [2.05, 4.69) is 39.4 Å². The third-order valence-corrected chi connectivity index (χ3v) is 2.75. The van der Waals surface area contributed by atoms with Crippen LogP contribution in [-0.2, 0) is 6.54 Å². The van der Waals surface area contributed by atoms with Crippen LogP contribution in [0.3, 0.4) is 0 Å². The van der Waals surface area contributed by atoms with Crippen LogP contribution in [0.2, 0.25) is 0 Å². The van der Waals surface area contributed by atoms with Crippen molar-refractivity contribution in [1.29, 1.82) is 0 Å². The van der Waals surface area contributed by atoms with E-state index in [-0.39, 0.29) is 0 Å². The Morgan fingerprint density at radius 1 is 1.05 bits per heavy atom. The van der Waals surface area contributed by atoms with Gasteiger partial charge in [-0.05, 0) is 30.5 Å². The smallest absolute Gasteiger partial charge is 0.132 e. The summed E-state index contributed by atoms with van der Waals surface area (Å²) in [6.45, 7) is 7.87. The highest BCUT2D eigenvalue weighted by Gasteiger charge is 2.02. The molecule has 5 heteroatoms. The van der Waals surface area contributed by atoms with Gasteiger partial charge in [-0.25, -0.2) is 9.97 Å². The number of anilines is 2. The molecule has 0 aliphatic carbocycles. The molecule has 0 saturated heterocycles. The molecule has 0 atom stereocenters. The largest absolute Gasteiger partial charge is 0.370 e. The summed E-state index contributed by atoms with van der Waals surface area (Å²) in [4.78, 5) is 12.8. The fourth-order valence-corrected chi connectivity index (χ4v) is 1.75. The highest BCUT2D eigenvalue weighted by molar-refractivity contribution is 5.47. The fraction of sp³-hybridized carbons (Fsp3) is 0.400. The first-order valence-corrected chi connectivity index (χ1v) is 6.86. The molecule has 0 aliphatic heterocycles. The van der Waals surface area contributed by atoms with E-state index in [1.54, 1.807) is 12.4 Å². The molecule has 0 fully saturated rings. The molecule has 0 radical (unpaired) electrons. The van der Waals surface area contributed by atoms with E-state index in [1.165, 1.54) is 5.56 Å². The van der Waals surface area contributed by atoms with E-state index in [0.717, 1.165) is 30.5 Å². The molecule has 5 nitrogen and oxygen atoms in total. The quantitative estimate of drug-likeness (QED) is 0.846. The third kappa shape index (κ3) is 4.50. The molecule has 2 N–H and O–H groups in total. The van der Waals surface area contributed by atoms with Crippen LogP contribution in [0, 0.1) is 12.8 Å². The summed E-state index contributed by atoms with van der Waals surface area (Å²) in [7, 11) is 0. The highest BCUT2D eigenvalue weighted by Crippen LogP contribution is 2.12. The van der Waals surface area contributed by atoms with Crippen molar-refractivity contribution in [2.24, 2.45) is 5.92 Å². The van der Waals surface area contributed by atoms with E-state index in [1.807, 2.05) is 25.1 Å². The second-order valence-electron chi connectivity index (χ2n) is 5.17. The molecule has 2 aromatic rings. The lowest BCUT2D eigenvalue weighted by atomic mass is 10.2. The van der Waals surface area contributed by atoms with Crippen LogP contribution in [0.15, 0.2) is 30.6 Å². The summed E-state index contributed by atoms with van der Waals surface area (Å²) in [6, 6.07) is 5.91. The molecule has 0 spiro atoms. The number of aromatic nitrogens is 3. The van der Waals surface area contributed by atoms with E-state index in [9.17, 15) is 0 Å². The first kappa shape index (κ1) is 14.2. The third-order valence-electron chi connectivity index (χ3n) is 2.75. The second kappa shape index (κ2) is 6.84. The van der Waals surface area contributed by atoms with Gasteiger partial charge in [-0.1, -0.05) is 13.8 Å². The highest BCUT2D eigenvalue weighted by atomic mass is 15.1. The average molecular weight is 271 g/mol. The number of nitrogens with zero attached hydrogens (tertiary/aromatic N) is 3. The van der Waals surface area contributed by atoms with Crippen molar-refractivity contribution in [3.05, 3.63) is 42.0 Å². The lowest BCUT2D eigenvalue weighted by Crippen LogP contribution is -2.11. The molecular weight excluding hydrogens is 250 g/mol. The van der Waals surface area contributed by atoms with Crippen molar-refractivity contribution < 1.29 is 0 Å². The van der Waals surface area contributed by atoms with Crippen LogP contribution in [0.25, 0.3) is 0 Å². The molecule has 0 bridgehead atoms. The van der Waals surface area contributed by atoms with Crippen LogP contribution in [0.1, 0.15) is 25.2 Å². The first-order valence-electron chi connectivity index (χ1n) is 6.86. The van der Waals surface area contributed by atoms with Crippen molar-refractivity contribution in [3.8, 4) is 0 Å². The molecule has 0 aliphatic rings. The monoisotopic (exact) mass is 271 g/mol. The summed E-state index contributed by atoms with van der Waals surface area (Å²) < 4.78 is 0. The summed E-state index contributed by atoms with van der Waals surface area (Å²) in [6.07, 6.45) is 3.58. The van der Waals surface area contributed by atoms with E-state index in [4.69, 9.17) is 0 Å². The standard InChI is InChI=1S/C15H21N5/c1-11(2)9-17-14-8-15(20-12(3)19-14)18-10-13-4-6-16-7-5-13/h4-8,11H,9-10H2,1-3H3,(H2,17,18,19,20). The molecule has 0 unspecified atom stereocenters. The van der Waals surface area contributed by atoms with Gasteiger partial charge in [0.25, 0.3) is 0 Å². The summed E-state index contributed by atoms with van der Waals surface area (Å²) in [5.74, 6) is 3.04. The van der Waals surface area contributed by atoms with Gasteiger partial charge in [0, 0.05) is 31.5 Å². The lowest BCUT2D eigenvalue weighted by Gasteiger charge is -2.11. The molecule has 0 aromatic carbocycles. The maximum atomic E-state index is 4.40.